The zero-order valence-corrected chi connectivity index (χ0v) is 16.5. The topological polar surface area (TPSA) is 35.9 Å². The van der Waals surface area contributed by atoms with E-state index in [0.717, 1.165) is 31.7 Å². The number of aliphatic hydroxyl groups is 1. The van der Waals surface area contributed by atoms with Gasteiger partial charge in [-0.3, -0.25) is 4.90 Å². The minimum atomic E-state index is -0.433. The van der Waals surface area contributed by atoms with E-state index in [0.29, 0.717) is 19.8 Å². The number of ether oxygens (including phenoxy) is 1. The highest BCUT2D eigenvalue weighted by molar-refractivity contribution is 5.85. The number of hydrogen-bond donors (Lipinski definition) is 1. The molecule has 1 aliphatic rings. The van der Waals surface area contributed by atoms with Gasteiger partial charge in [-0.2, -0.15) is 0 Å². The van der Waals surface area contributed by atoms with Crippen LogP contribution in [0.3, 0.4) is 0 Å². The molecular formula is C20H28Cl2N2O2. The molecule has 2 aromatic rings. The van der Waals surface area contributed by atoms with Crippen LogP contribution in [0.5, 0.6) is 0 Å². The zero-order valence-electron chi connectivity index (χ0n) is 14.9. The maximum absolute atomic E-state index is 10.2. The molecule has 1 N–H and O–H groups in total. The first-order chi connectivity index (χ1) is 11.8. The highest BCUT2D eigenvalue weighted by Crippen LogP contribution is 2.15. The Morgan fingerprint density at radius 3 is 2.04 bits per heavy atom. The summed E-state index contributed by atoms with van der Waals surface area (Å²) in [5.74, 6) is 0. The van der Waals surface area contributed by atoms with E-state index < -0.39 is 6.10 Å². The van der Waals surface area contributed by atoms with Gasteiger partial charge in [-0.1, -0.05) is 48.5 Å². The second kappa shape index (κ2) is 12.2. The summed E-state index contributed by atoms with van der Waals surface area (Å²) in [5, 5.41) is 10.2. The molecule has 0 aliphatic carbocycles. The second-order valence-corrected chi connectivity index (χ2v) is 6.28. The highest BCUT2D eigenvalue weighted by atomic mass is 35.5. The lowest BCUT2D eigenvalue weighted by molar-refractivity contribution is 0.00914. The van der Waals surface area contributed by atoms with Gasteiger partial charge in [0.25, 0.3) is 0 Å². The Morgan fingerprint density at radius 1 is 0.846 bits per heavy atom. The fourth-order valence-electron chi connectivity index (χ4n) is 3.07. The van der Waals surface area contributed by atoms with Crippen molar-refractivity contribution < 1.29 is 9.84 Å². The summed E-state index contributed by atoms with van der Waals surface area (Å²) < 4.78 is 5.63. The molecule has 0 spiro atoms. The first-order valence-corrected chi connectivity index (χ1v) is 8.63. The normalized spacial score (nSPS) is 15.7. The predicted octanol–water partition coefficient (Wildman–Crippen LogP) is 3.23. The van der Waals surface area contributed by atoms with E-state index >= 15 is 0 Å². The fourth-order valence-corrected chi connectivity index (χ4v) is 3.07. The fraction of sp³-hybridized carbons (Fsp3) is 0.400. The van der Waals surface area contributed by atoms with Crippen molar-refractivity contribution in [1.29, 1.82) is 0 Å². The number of benzene rings is 2. The number of para-hydroxylation sites is 1. The van der Waals surface area contributed by atoms with E-state index in [2.05, 4.69) is 34.1 Å². The standard InChI is InChI=1S/C20H26N2O2.2ClH/c23-20(17-24-16-18-7-3-1-4-8-18)15-21-11-13-22(14-12-21)19-9-5-2-6-10-19;;/h1-10,20,23H,11-17H2;2*1H. The van der Waals surface area contributed by atoms with Gasteiger partial charge in [0, 0.05) is 38.4 Å². The molecular weight excluding hydrogens is 371 g/mol. The summed E-state index contributed by atoms with van der Waals surface area (Å²) in [6.45, 7) is 5.57. The van der Waals surface area contributed by atoms with Crippen LogP contribution in [0.25, 0.3) is 0 Å². The average Bonchev–Trinajstić information content (AvgIpc) is 2.64. The van der Waals surface area contributed by atoms with Gasteiger partial charge in [0.15, 0.2) is 0 Å². The number of β-amino-alcohol motifs (C(OH)–C–C–N with tert-alkyl or cyclic N) is 1. The second-order valence-electron chi connectivity index (χ2n) is 6.28. The number of aliphatic hydroxyl groups excluding tert-OH is 1. The van der Waals surface area contributed by atoms with Crippen molar-refractivity contribution in [3.63, 3.8) is 0 Å². The Kier molecular flexibility index (Phi) is 10.6. The van der Waals surface area contributed by atoms with Gasteiger partial charge in [-0.05, 0) is 17.7 Å². The van der Waals surface area contributed by atoms with Crippen molar-refractivity contribution >= 4 is 30.5 Å². The first kappa shape index (κ1) is 22.7. The third-order valence-corrected chi connectivity index (χ3v) is 4.38. The lowest BCUT2D eigenvalue weighted by Crippen LogP contribution is -2.49. The van der Waals surface area contributed by atoms with Gasteiger partial charge in [-0.25, -0.2) is 0 Å². The van der Waals surface area contributed by atoms with Gasteiger partial charge in [0.05, 0.1) is 19.3 Å². The Morgan fingerprint density at radius 2 is 1.42 bits per heavy atom. The van der Waals surface area contributed by atoms with Crippen molar-refractivity contribution in [2.75, 3.05) is 44.2 Å². The Balaban J connectivity index is 0.00000169. The monoisotopic (exact) mass is 398 g/mol. The predicted molar refractivity (Wildman–Crippen MR) is 112 cm³/mol. The van der Waals surface area contributed by atoms with Crippen LogP contribution in [0.4, 0.5) is 5.69 Å². The van der Waals surface area contributed by atoms with Crippen molar-refractivity contribution in [3.05, 3.63) is 66.2 Å². The average molecular weight is 399 g/mol. The highest BCUT2D eigenvalue weighted by Gasteiger charge is 2.19. The number of halogens is 2. The minimum absolute atomic E-state index is 0. The van der Waals surface area contributed by atoms with E-state index in [-0.39, 0.29) is 24.8 Å². The van der Waals surface area contributed by atoms with E-state index in [1.54, 1.807) is 0 Å². The first-order valence-electron chi connectivity index (χ1n) is 8.63. The van der Waals surface area contributed by atoms with Gasteiger partial charge in [0.1, 0.15) is 0 Å². The van der Waals surface area contributed by atoms with Crippen molar-refractivity contribution in [2.24, 2.45) is 0 Å². The molecule has 1 saturated heterocycles. The zero-order chi connectivity index (χ0) is 16.6. The summed E-state index contributed by atoms with van der Waals surface area (Å²) in [5.41, 5.74) is 2.42. The van der Waals surface area contributed by atoms with Gasteiger partial charge < -0.3 is 14.7 Å². The van der Waals surface area contributed by atoms with Gasteiger partial charge in [0.2, 0.25) is 0 Å². The quantitative estimate of drug-likeness (QED) is 0.776. The van der Waals surface area contributed by atoms with Crippen molar-refractivity contribution in [2.45, 2.75) is 12.7 Å². The molecule has 0 amide bonds. The molecule has 0 saturated carbocycles. The molecule has 3 rings (SSSR count). The largest absolute Gasteiger partial charge is 0.389 e. The molecule has 4 nitrogen and oxygen atoms in total. The van der Waals surface area contributed by atoms with E-state index in [1.165, 1.54) is 5.69 Å². The van der Waals surface area contributed by atoms with Crippen LogP contribution in [0, 0.1) is 0 Å². The van der Waals surface area contributed by atoms with Crippen molar-refractivity contribution in [3.8, 4) is 0 Å². The molecule has 1 atom stereocenters. The van der Waals surface area contributed by atoms with Crippen LogP contribution in [0.1, 0.15) is 5.56 Å². The summed E-state index contributed by atoms with van der Waals surface area (Å²) in [6.07, 6.45) is -0.433. The van der Waals surface area contributed by atoms with Gasteiger partial charge >= 0.3 is 0 Å². The molecule has 1 unspecified atom stereocenters. The van der Waals surface area contributed by atoms with Crippen LogP contribution in [0.2, 0.25) is 0 Å². The summed E-state index contributed by atoms with van der Waals surface area (Å²) in [4.78, 5) is 4.71. The number of piperazine rings is 1. The minimum Gasteiger partial charge on any atom is -0.389 e. The molecule has 1 heterocycles. The smallest absolute Gasteiger partial charge is 0.0900 e. The molecule has 144 valence electrons. The summed E-state index contributed by atoms with van der Waals surface area (Å²) >= 11 is 0. The summed E-state index contributed by atoms with van der Waals surface area (Å²) in [6, 6.07) is 20.6. The van der Waals surface area contributed by atoms with E-state index in [4.69, 9.17) is 4.74 Å². The van der Waals surface area contributed by atoms with Crippen molar-refractivity contribution in [1.82, 2.24) is 4.90 Å². The lowest BCUT2D eigenvalue weighted by atomic mass is 10.2. The number of nitrogens with zero attached hydrogens (tertiary/aromatic N) is 2. The lowest BCUT2D eigenvalue weighted by Gasteiger charge is -2.36. The molecule has 0 radical (unpaired) electrons. The van der Waals surface area contributed by atoms with Crippen LogP contribution in [-0.2, 0) is 11.3 Å². The van der Waals surface area contributed by atoms with Crippen LogP contribution >= 0.6 is 24.8 Å². The number of hydrogen-bond acceptors (Lipinski definition) is 4. The van der Waals surface area contributed by atoms with Gasteiger partial charge in [-0.15, -0.1) is 24.8 Å². The van der Waals surface area contributed by atoms with Crippen LogP contribution in [-0.4, -0.2) is 55.4 Å². The molecule has 2 aromatic carbocycles. The molecule has 26 heavy (non-hydrogen) atoms. The summed E-state index contributed by atoms with van der Waals surface area (Å²) in [7, 11) is 0. The Labute approximate surface area is 168 Å². The molecule has 0 aromatic heterocycles. The Bertz CT molecular complexity index is 593. The number of rotatable bonds is 7. The maximum atomic E-state index is 10.2. The molecule has 6 heteroatoms. The molecule has 1 aliphatic heterocycles. The Hall–Kier alpha value is -1.30. The third-order valence-electron chi connectivity index (χ3n) is 4.38. The van der Waals surface area contributed by atoms with E-state index in [1.807, 2.05) is 36.4 Å². The molecule has 1 fully saturated rings. The van der Waals surface area contributed by atoms with Crippen LogP contribution < -0.4 is 4.90 Å². The van der Waals surface area contributed by atoms with Crippen LogP contribution in [0.15, 0.2) is 60.7 Å². The number of anilines is 1. The maximum Gasteiger partial charge on any atom is 0.0900 e. The third kappa shape index (κ3) is 7.14. The molecule has 0 bridgehead atoms. The van der Waals surface area contributed by atoms with E-state index in [9.17, 15) is 5.11 Å². The SMILES string of the molecule is Cl.Cl.OC(COCc1ccccc1)CN1CCN(c2ccccc2)CC1.